The first kappa shape index (κ1) is 22.5. The van der Waals surface area contributed by atoms with E-state index in [1.54, 1.807) is 7.11 Å². The molecule has 0 spiro atoms. The van der Waals surface area contributed by atoms with Crippen LogP contribution in [0.25, 0.3) is 5.69 Å². The van der Waals surface area contributed by atoms with E-state index in [2.05, 4.69) is 77.8 Å². The molecule has 1 aromatic carbocycles. The lowest BCUT2D eigenvalue weighted by atomic mass is 9.96. The number of pyridine rings is 1. The zero-order valence-electron chi connectivity index (χ0n) is 19.6. The lowest BCUT2D eigenvalue weighted by Crippen LogP contribution is -2.31. The number of para-hydroxylation sites is 1. The van der Waals surface area contributed by atoms with Crippen LogP contribution in [0.15, 0.2) is 48.7 Å². The predicted octanol–water partition coefficient (Wildman–Crippen LogP) is 5.11. The van der Waals surface area contributed by atoms with E-state index in [0.717, 1.165) is 23.8 Å². The molecule has 4 rings (SSSR count). The predicted molar refractivity (Wildman–Crippen MR) is 133 cm³/mol. The quantitative estimate of drug-likeness (QED) is 0.402. The van der Waals surface area contributed by atoms with Crippen LogP contribution >= 0.6 is 12.2 Å². The fraction of sp³-hybridized carbons (Fsp3) is 0.385. The summed E-state index contributed by atoms with van der Waals surface area (Å²) in [6.07, 6.45) is 2.77. The Hall–Kier alpha value is -2.70. The average molecular weight is 449 g/mol. The fourth-order valence-electron chi connectivity index (χ4n) is 4.95. The maximum Gasteiger partial charge on any atom is 0.170 e. The molecule has 0 aliphatic carbocycles. The van der Waals surface area contributed by atoms with E-state index in [9.17, 15) is 0 Å². The summed E-state index contributed by atoms with van der Waals surface area (Å²) in [7, 11) is 1.74. The second kappa shape index (κ2) is 9.43. The number of ether oxygens (including phenoxy) is 1. The van der Waals surface area contributed by atoms with Gasteiger partial charge in [-0.2, -0.15) is 0 Å². The Labute approximate surface area is 196 Å². The van der Waals surface area contributed by atoms with Crippen molar-refractivity contribution in [1.82, 2.24) is 19.8 Å². The number of hydrogen-bond acceptors (Lipinski definition) is 3. The highest BCUT2D eigenvalue weighted by atomic mass is 32.1. The van der Waals surface area contributed by atoms with Gasteiger partial charge in [0.25, 0.3) is 0 Å². The zero-order chi connectivity index (χ0) is 22.8. The van der Waals surface area contributed by atoms with Crippen molar-refractivity contribution in [2.75, 3.05) is 20.3 Å². The van der Waals surface area contributed by atoms with Crippen LogP contribution in [0.1, 0.15) is 52.3 Å². The average Bonchev–Trinajstić information content (AvgIpc) is 3.25. The van der Waals surface area contributed by atoms with E-state index in [0.29, 0.717) is 6.61 Å². The second-order valence-corrected chi connectivity index (χ2v) is 8.96. The lowest BCUT2D eigenvalue weighted by molar-refractivity contribution is 0.180. The molecule has 168 valence electrons. The van der Waals surface area contributed by atoms with Crippen LogP contribution in [0.2, 0.25) is 0 Å². The van der Waals surface area contributed by atoms with Gasteiger partial charge >= 0.3 is 0 Å². The summed E-state index contributed by atoms with van der Waals surface area (Å²) in [4.78, 5) is 6.98. The Bertz CT molecular complexity index is 1090. The minimum atomic E-state index is -0.00170. The summed E-state index contributed by atoms with van der Waals surface area (Å²) < 4.78 is 7.71. The van der Waals surface area contributed by atoms with Crippen LogP contribution in [0.3, 0.4) is 0 Å². The van der Waals surface area contributed by atoms with E-state index in [1.807, 2.05) is 18.3 Å². The van der Waals surface area contributed by atoms with Crippen molar-refractivity contribution in [3.8, 4) is 5.69 Å². The molecule has 1 saturated heterocycles. The zero-order valence-corrected chi connectivity index (χ0v) is 20.4. The highest BCUT2D eigenvalue weighted by Crippen LogP contribution is 2.41. The molecule has 1 N–H and O–H groups in total. The monoisotopic (exact) mass is 448 g/mol. The van der Waals surface area contributed by atoms with Gasteiger partial charge in [0.05, 0.1) is 23.5 Å². The van der Waals surface area contributed by atoms with Gasteiger partial charge in [-0.1, -0.05) is 24.3 Å². The van der Waals surface area contributed by atoms with Crippen molar-refractivity contribution in [2.24, 2.45) is 0 Å². The standard InChI is InChI=1S/C26H32N4OS/c1-17-10-8-11-18(2)24(17)30-19(3)16-21(20(30)4)25-23(22-12-6-7-13-27-22)28-26(32)29(25)14-9-15-31-5/h6-8,10-13,16,23,25H,9,14-15H2,1-5H3,(H,28,32)/t23-,25+/m0/s1. The molecule has 0 amide bonds. The van der Waals surface area contributed by atoms with Crippen molar-refractivity contribution in [2.45, 2.75) is 46.2 Å². The van der Waals surface area contributed by atoms with Crippen molar-refractivity contribution in [1.29, 1.82) is 0 Å². The SMILES string of the molecule is COCCCN1C(=S)N[C@@H](c2ccccn2)[C@H]1c1cc(C)n(-c2c(C)cccc2C)c1C. The minimum absolute atomic E-state index is 0.00170. The van der Waals surface area contributed by atoms with Crippen molar-refractivity contribution < 1.29 is 4.74 Å². The summed E-state index contributed by atoms with van der Waals surface area (Å²) in [6.45, 7) is 10.3. The van der Waals surface area contributed by atoms with Crippen molar-refractivity contribution in [3.05, 3.63) is 82.4 Å². The Morgan fingerprint density at radius 1 is 1.06 bits per heavy atom. The molecule has 3 heterocycles. The first-order chi connectivity index (χ1) is 15.4. The Morgan fingerprint density at radius 2 is 1.81 bits per heavy atom. The fourth-order valence-corrected chi connectivity index (χ4v) is 5.29. The summed E-state index contributed by atoms with van der Waals surface area (Å²) in [5.41, 5.74) is 8.57. The third kappa shape index (κ3) is 4.05. The minimum Gasteiger partial charge on any atom is -0.385 e. The number of nitrogens with one attached hydrogen (secondary N) is 1. The lowest BCUT2D eigenvalue weighted by Gasteiger charge is -2.28. The van der Waals surface area contributed by atoms with Crippen LogP contribution in [0.4, 0.5) is 0 Å². The number of thiocarbonyl (C=S) groups is 1. The van der Waals surface area contributed by atoms with Gasteiger partial charge in [0.15, 0.2) is 5.11 Å². The molecule has 0 radical (unpaired) electrons. The van der Waals surface area contributed by atoms with Gasteiger partial charge in [-0.05, 0) is 81.2 Å². The molecule has 6 heteroatoms. The number of benzene rings is 1. The van der Waals surface area contributed by atoms with Gasteiger partial charge in [-0.25, -0.2) is 0 Å². The van der Waals surface area contributed by atoms with Gasteiger partial charge in [0, 0.05) is 37.8 Å². The maximum absolute atomic E-state index is 5.80. The van der Waals surface area contributed by atoms with E-state index in [-0.39, 0.29) is 12.1 Å². The molecule has 1 aliphatic rings. The maximum atomic E-state index is 5.80. The van der Waals surface area contributed by atoms with Crippen LogP contribution in [0.5, 0.6) is 0 Å². The molecular weight excluding hydrogens is 416 g/mol. The largest absolute Gasteiger partial charge is 0.385 e. The normalized spacial score (nSPS) is 18.3. The Morgan fingerprint density at radius 3 is 2.47 bits per heavy atom. The van der Waals surface area contributed by atoms with Crippen LogP contribution < -0.4 is 5.32 Å². The number of methoxy groups -OCH3 is 1. The number of aromatic nitrogens is 2. The molecule has 1 aliphatic heterocycles. The second-order valence-electron chi connectivity index (χ2n) is 8.57. The summed E-state index contributed by atoms with van der Waals surface area (Å²) in [5.74, 6) is 0. The van der Waals surface area contributed by atoms with Crippen LogP contribution in [0, 0.1) is 27.7 Å². The van der Waals surface area contributed by atoms with Gasteiger partial charge in [0.1, 0.15) is 0 Å². The van der Waals surface area contributed by atoms with Crippen LogP contribution in [-0.2, 0) is 4.74 Å². The molecule has 1 fully saturated rings. The van der Waals surface area contributed by atoms with Gasteiger partial charge in [-0.3, -0.25) is 4.98 Å². The molecule has 5 nitrogen and oxygen atoms in total. The van der Waals surface area contributed by atoms with Crippen LogP contribution in [-0.4, -0.2) is 39.8 Å². The Balaban J connectivity index is 1.83. The number of aryl methyl sites for hydroxylation is 3. The topological polar surface area (TPSA) is 42.3 Å². The Kier molecular flexibility index (Phi) is 6.63. The third-order valence-electron chi connectivity index (χ3n) is 6.40. The molecule has 32 heavy (non-hydrogen) atoms. The van der Waals surface area contributed by atoms with E-state index < -0.39 is 0 Å². The van der Waals surface area contributed by atoms with Gasteiger partial charge < -0.3 is 19.5 Å². The van der Waals surface area contributed by atoms with Gasteiger partial charge in [-0.15, -0.1) is 0 Å². The summed E-state index contributed by atoms with van der Waals surface area (Å²) in [6, 6.07) is 14.9. The molecule has 2 aromatic heterocycles. The molecule has 0 unspecified atom stereocenters. The van der Waals surface area contributed by atoms with Crippen molar-refractivity contribution >= 4 is 17.3 Å². The molecule has 3 aromatic rings. The van der Waals surface area contributed by atoms with E-state index >= 15 is 0 Å². The first-order valence-corrected chi connectivity index (χ1v) is 11.6. The highest BCUT2D eigenvalue weighted by molar-refractivity contribution is 7.80. The summed E-state index contributed by atoms with van der Waals surface area (Å²) in [5, 5.41) is 4.34. The highest BCUT2D eigenvalue weighted by Gasteiger charge is 2.41. The molecular formula is C26H32N4OS. The first-order valence-electron chi connectivity index (χ1n) is 11.2. The van der Waals surface area contributed by atoms with Crippen molar-refractivity contribution in [3.63, 3.8) is 0 Å². The number of nitrogens with zero attached hydrogens (tertiary/aromatic N) is 3. The molecule has 0 bridgehead atoms. The molecule has 0 saturated carbocycles. The third-order valence-corrected chi connectivity index (χ3v) is 6.75. The summed E-state index contributed by atoms with van der Waals surface area (Å²) >= 11 is 5.80. The van der Waals surface area contributed by atoms with E-state index in [4.69, 9.17) is 17.0 Å². The molecule has 2 atom stereocenters. The number of hydrogen-bond donors (Lipinski definition) is 1. The van der Waals surface area contributed by atoms with E-state index in [1.165, 1.54) is 33.8 Å². The smallest absolute Gasteiger partial charge is 0.170 e. The number of rotatable bonds is 7. The van der Waals surface area contributed by atoms with Gasteiger partial charge in [0.2, 0.25) is 0 Å².